The van der Waals surface area contributed by atoms with E-state index < -0.39 is 28.5 Å². The molecule has 7 nitrogen and oxygen atoms in total. The van der Waals surface area contributed by atoms with Crippen LogP contribution in [0.4, 0.5) is 5.69 Å². The van der Waals surface area contributed by atoms with E-state index in [-0.39, 0.29) is 29.5 Å². The summed E-state index contributed by atoms with van der Waals surface area (Å²) in [5.74, 6) is -0.939. The molecule has 1 N–H and O–H groups in total. The minimum atomic E-state index is -4.20. The van der Waals surface area contributed by atoms with E-state index in [2.05, 4.69) is 5.32 Å². The minimum Gasteiger partial charge on any atom is -0.357 e. The molecule has 0 aromatic heterocycles. The number of hydrogen-bond acceptors (Lipinski definition) is 4. The number of anilines is 1. The van der Waals surface area contributed by atoms with Gasteiger partial charge in [0.05, 0.1) is 10.6 Å². The van der Waals surface area contributed by atoms with Crippen LogP contribution in [0.25, 0.3) is 0 Å². The van der Waals surface area contributed by atoms with Crippen LogP contribution in [-0.2, 0) is 32.6 Å². The fourth-order valence-corrected chi connectivity index (χ4v) is 6.38. The Kier molecular flexibility index (Phi) is 10.3. The molecule has 0 saturated carbocycles. The van der Waals surface area contributed by atoms with Gasteiger partial charge in [0.1, 0.15) is 12.6 Å². The van der Waals surface area contributed by atoms with Gasteiger partial charge in [0.15, 0.2) is 0 Å². The van der Waals surface area contributed by atoms with Gasteiger partial charge in [-0.15, -0.1) is 0 Å². The van der Waals surface area contributed by atoms with Crippen LogP contribution < -0.4 is 9.62 Å². The number of carbonyl (C=O) groups is 2. The van der Waals surface area contributed by atoms with Gasteiger partial charge in [-0.1, -0.05) is 89.9 Å². The predicted molar refractivity (Wildman–Crippen MR) is 167 cm³/mol. The average molecular weight is 625 g/mol. The topological polar surface area (TPSA) is 86.8 Å². The van der Waals surface area contributed by atoms with Crippen LogP contribution in [-0.4, -0.2) is 44.8 Å². The van der Waals surface area contributed by atoms with Gasteiger partial charge < -0.3 is 10.2 Å². The van der Waals surface area contributed by atoms with Crippen molar-refractivity contribution >= 4 is 50.7 Å². The molecule has 1 atom stereocenters. The molecule has 0 aliphatic heterocycles. The molecule has 218 valence electrons. The van der Waals surface area contributed by atoms with Gasteiger partial charge in [0.2, 0.25) is 11.8 Å². The smallest absolute Gasteiger partial charge is 0.264 e. The second-order valence-electron chi connectivity index (χ2n) is 9.72. The van der Waals surface area contributed by atoms with Crippen molar-refractivity contribution in [2.75, 3.05) is 17.9 Å². The predicted octanol–water partition coefficient (Wildman–Crippen LogP) is 5.88. The van der Waals surface area contributed by atoms with Crippen LogP contribution in [0.2, 0.25) is 10.0 Å². The first-order valence-electron chi connectivity index (χ1n) is 13.2. The lowest BCUT2D eigenvalue weighted by Gasteiger charge is -2.34. The number of carbonyl (C=O) groups excluding carboxylic acids is 2. The maximum absolute atomic E-state index is 14.3. The Morgan fingerprint density at radius 1 is 0.810 bits per heavy atom. The highest BCUT2D eigenvalue weighted by molar-refractivity contribution is 7.92. The van der Waals surface area contributed by atoms with E-state index in [1.807, 2.05) is 30.3 Å². The van der Waals surface area contributed by atoms with Gasteiger partial charge in [-0.3, -0.25) is 13.9 Å². The molecule has 4 rings (SSSR count). The summed E-state index contributed by atoms with van der Waals surface area (Å²) in [5.41, 5.74) is 2.46. The molecule has 4 aromatic rings. The second kappa shape index (κ2) is 13.9. The van der Waals surface area contributed by atoms with Gasteiger partial charge >= 0.3 is 0 Å². The number of amides is 2. The first-order valence-corrected chi connectivity index (χ1v) is 15.4. The van der Waals surface area contributed by atoms with E-state index in [0.717, 1.165) is 15.4 Å². The zero-order valence-electron chi connectivity index (χ0n) is 23.2. The maximum atomic E-state index is 14.3. The third-order valence-corrected chi connectivity index (χ3v) is 9.09. The number of nitrogens with zero attached hydrogens (tertiary/aromatic N) is 2. The Labute approximate surface area is 256 Å². The third kappa shape index (κ3) is 7.50. The van der Waals surface area contributed by atoms with E-state index in [4.69, 9.17) is 23.2 Å². The summed E-state index contributed by atoms with van der Waals surface area (Å²) < 4.78 is 29.1. The van der Waals surface area contributed by atoms with Crippen LogP contribution in [0, 0.1) is 6.92 Å². The molecule has 0 aliphatic rings. The lowest BCUT2D eigenvalue weighted by molar-refractivity contribution is -0.139. The lowest BCUT2D eigenvalue weighted by Crippen LogP contribution is -2.53. The van der Waals surface area contributed by atoms with Gasteiger partial charge in [-0.05, 0) is 60.0 Å². The highest BCUT2D eigenvalue weighted by Gasteiger charge is 2.34. The van der Waals surface area contributed by atoms with E-state index in [0.29, 0.717) is 15.6 Å². The fourth-order valence-electron chi connectivity index (χ4n) is 4.59. The molecule has 42 heavy (non-hydrogen) atoms. The summed E-state index contributed by atoms with van der Waals surface area (Å²) in [6.45, 7) is 1.24. The zero-order chi connectivity index (χ0) is 30.3. The number of aryl methyl sites for hydroxylation is 1. The van der Waals surface area contributed by atoms with Crippen molar-refractivity contribution in [3.63, 3.8) is 0 Å². The Balaban J connectivity index is 1.81. The second-order valence-corrected chi connectivity index (χ2v) is 12.5. The third-order valence-electron chi connectivity index (χ3n) is 6.83. The van der Waals surface area contributed by atoms with Crippen molar-refractivity contribution in [3.8, 4) is 0 Å². The summed E-state index contributed by atoms with van der Waals surface area (Å²) in [6, 6.07) is 28.1. The molecule has 2 amide bonds. The molecule has 0 saturated heterocycles. The summed E-state index contributed by atoms with van der Waals surface area (Å²) in [7, 11) is -2.69. The SMILES string of the molecule is CNC(=O)[C@@H](Cc1ccccc1)N(Cc1ccc(Cl)cc1)C(=O)CN(c1cc(Cl)ccc1C)S(=O)(=O)c1ccccc1. The van der Waals surface area contributed by atoms with Crippen molar-refractivity contribution in [2.45, 2.75) is 30.8 Å². The number of halogens is 2. The van der Waals surface area contributed by atoms with Crippen molar-refractivity contribution in [1.29, 1.82) is 0 Å². The fraction of sp³-hybridized carbons (Fsp3) is 0.188. The number of hydrogen-bond donors (Lipinski definition) is 1. The number of nitrogens with one attached hydrogen (secondary N) is 1. The van der Waals surface area contributed by atoms with Crippen molar-refractivity contribution < 1.29 is 18.0 Å². The number of rotatable bonds is 11. The first kappa shape index (κ1) is 31.1. The summed E-state index contributed by atoms with van der Waals surface area (Å²) in [5, 5.41) is 3.52. The molecular weight excluding hydrogens is 593 g/mol. The van der Waals surface area contributed by atoms with Crippen molar-refractivity contribution in [1.82, 2.24) is 10.2 Å². The molecule has 0 spiro atoms. The van der Waals surface area contributed by atoms with E-state index >= 15 is 0 Å². The molecular formula is C32H31Cl2N3O4S. The summed E-state index contributed by atoms with van der Waals surface area (Å²) in [4.78, 5) is 29.1. The molecule has 0 radical (unpaired) electrons. The molecule has 10 heteroatoms. The van der Waals surface area contributed by atoms with Gasteiger partial charge in [-0.25, -0.2) is 8.42 Å². The standard InChI is InChI=1S/C32H31Cl2N3O4S/c1-23-13-16-27(34)20-29(23)37(42(40,41)28-11-7-4-8-12-28)22-31(38)36(21-25-14-17-26(33)18-15-25)30(32(39)35-2)19-24-9-5-3-6-10-24/h3-18,20,30H,19,21-22H2,1-2H3,(H,35,39)/t30-/m1/s1. The molecule has 4 aromatic carbocycles. The molecule has 0 bridgehead atoms. The van der Waals surface area contributed by atoms with Crippen LogP contribution in [0.15, 0.2) is 108 Å². The van der Waals surface area contributed by atoms with Crippen LogP contribution in [0.1, 0.15) is 16.7 Å². The van der Waals surface area contributed by atoms with Gasteiger partial charge in [0, 0.05) is 30.1 Å². The molecule has 0 aliphatic carbocycles. The summed E-state index contributed by atoms with van der Waals surface area (Å²) in [6.07, 6.45) is 0.224. The monoisotopic (exact) mass is 623 g/mol. The molecule has 0 fully saturated rings. The highest BCUT2D eigenvalue weighted by atomic mass is 35.5. The van der Waals surface area contributed by atoms with E-state index in [9.17, 15) is 18.0 Å². The average Bonchev–Trinajstić information content (AvgIpc) is 3.00. The summed E-state index contributed by atoms with van der Waals surface area (Å²) >= 11 is 12.4. The Hall–Kier alpha value is -3.85. The number of likely N-dealkylation sites (N-methyl/N-ethyl adjacent to an activating group) is 1. The Morgan fingerprint density at radius 2 is 1.40 bits per heavy atom. The zero-order valence-corrected chi connectivity index (χ0v) is 25.5. The number of sulfonamides is 1. The Bertz CT molecular complexity index is 1630. The van der Waals surface area contributed by atoms with Crippen molar-refractivity contribution in [2.24, 2.45) is 0 Å². The first-order chi connectivity index (χ1) is 20.1. The van der Waals surface area contributed by atoms with E-state index in [1.54, 1.807) is 61.5 Å². The van der Waals surface area contributed by atoms with Crippen LogP contribution in [0.5, 0.6) is 0 Å². The largest absolute Gasteiger partial charge is 0.357 e. The van der Waals surface area contributed by atoms with E-state index in [1.165, 1.54) is 30.1 Å². The minimum absolute atomic E-state index is 0.0218. The lowest BCUT2D eigenvalue weighted by atomic mass is 10.0. The van der Waals surface area contributed by atoms with Gasteiger partial charge in [-0.2, -0.15) is 0 Å². The maximum Gasteiger partial charge on any atom is 0.264 e. The quantitative estimate of drug-likeness (QED) is 0.226. The van der Waals surface area contributed by atoms with Crippen LogP contribution >= 0.6 is 23.2 Å². The van der Waals surface area contributed by atoms with Crippen LogP contribution in [0.3, 0.4) is 0 Å². The van der Waals surface area contributed by atoms with Gasteiger partial charge in [0.25, 0.3) is 10.0 Å². The van der Waals surface area contributed by atoms with Crippen molar-refractivity contribution in [3.05, 3.63) is 130 Å². The molecule has 0 heterocycles. The molecule has 0 unspecified atom stereocenters. The highest BCUT2D eigenvalue weighted by Crippen LogP contribution is 2.30. The normalized spacial score (nSPS) is 11.9. The Morgan fingerprint density at radius 3 is 2.02 bits per heavy atom. The number of benzene rings is 4.